The average molecular weight is 276 g/mol. The molecule has 0 radical (unpaired) electrons. The Morgan fingerprint density at radius 3 is 2.25 bits per heavy atom. The molecule has 0 saturated carbocycles. The number of benzene rings is 1. The first-order valence-electron chi connectivity index (χ1n) is 4.98. The number of aromatic nitrogens is 1. The minimum Gasteiger partial charge on any atom is -0.253 e. The topological polar surface area (TPSA) is 38.5 Å². The summed E-state index contributed by atoms with van der Waals surface area (Å²) in [6.45, 7) is 2.06. The predicted molar refractivity (Wildman–Crippen MR) is 68.3 cm³/mol. The zero-order valence-corrected chi connectivity index (χ0v) is 10.5. The number of nitrogens with two attached hydrogens (primary N) is 1. The van der Waals surface area contributed by atoms with E-state index >= 15 is 0 Å². The molecule has 0 fully saturated rings. The van der Waals surface area contributed by atoms with E-state index in [9.17, 15) is 0 Å². The Labute approximate surface area is 103 Å². The molecule has 3 heteroatoms. The Balaban J connectivity index is 2.32. The zero-order chi connectivity index (χ0) is 11.5. The quantitative estimate of drug-likeness (QED) is 0.658. The van der Waals surface area contributed by atoms with Crippen LogP contribution in [0.4, 0.5) is 0 Å². The van der Waals surface area contributed by atoms with Crippen LogP contribution < -0.4 is 5.41 Å². The highest BCUT2D eigenvalue weighted by Gasteiger charge is 2.09. The van der Waals surface area contributed by atoms with E-state index in [0.717, 1.165) is 21.4 Å². The molecule has 2 nitrogen and oxygen atoms in total. The lowest BCUT2D eigenvalue weighted by Crippen LogP contribution is -2.41. The lowest BCUT2D eigenvalue weighted by Gasteiger charge is -2.00. The highest BCUT2D eigenvalue weighted by Crippen LogP contribution is 2.10. The highest BCUT2D eigenvalue weighted by molar-refractivity contribution is 9.10. The van der Waals surface area contributed by atoms with Crippen molar-refractivity contribution in [2.45, 2.75) is 6.92 Å². The van der Waals surface area contributed by atoms with Crippen LogP contribution in [0, 0.1) is 6.92 Å². The minimum absolute atomic E-state index is 0.750. The highest BCUT2D eigenvalue weighted by atomic mass is 79.9. The van der Waals surface area contributed by atoms with E-state index in [0.29, 0.717) is 0 Å². The molecular weight excluding hydrogens is 264 g/mol. The fourth-order valence-electron chi connectivity index (χ4n) is 1.43. The second-order valence-electron chi connectivity index (χ2n) is 3.65. The molecule has 0 aliphatic carbocycles. The molecule has 0 unspecified atom stereocenters. The van der Waals surface area contributed by atoms with Crippen LogP contribution in [0.2, 0.25) is 0 Å². The van der Waals surface area contributed by atoms with Crippen LogP contribution in [0.25, 0.3) is 0 Å². The van der Waals surface area contributed by atoms with Crippen molar-refractivity contribution < 1.29 is 5.41 Å². The Morgan fingerprint density at radius 2 is 1.69 bits per heavy atom. The fourth-order valence-corrected chi connectivity index (χ4v) is 1.67. The van der Waals surface area contributed by atoms with Gasteiger partial charge in [0.25, 0.3) is 0 Å². The predicted octanol–water partition coefficient (Wildman–Crippen LogP) is 1.75. The molecule has 0 aliphatic heterocycles. The molecule has 16 heavy (non-hydrogen) atoms. The van der Waals surface area contributed by atoms with E-state index < -0.39 is 0 Å². The molecule has 1 aromatic carbocycles. The number of aryl methyl sites for hydroxylation is 1. The summed E-state index contributed by atoms with van der Waals surface area (Å²) in [6.07, 6.45) is 1.76. The van der Waals surface area contributed by atoms with Gasteiger partial charge in [0.05, 0.1) is 5.56 Å². The molecule has 2 aromatic rings. The summed E-state index contributed by atoms with van der Waals surface area (Å²) in [6, 6.07) is 12.0. The zero-order valence-electron chi connectivity index (χ0n) is 8.94. The lowest BCUT2D eigenvalue weighted by molar-refractivity contribution is -0.111. The van der Waals surface area contributed by atoms with Crippen molar-refractivity contribution in [2.75, 3.05) is 0 Å². The van der Waals surface area contributed by atoms with Gasteiger partial charge in [0.1, 0.15) is 4.60 Å². The van der Waals surface area contributed by atoms with Crippen molar-refractivity contribution in [3.8, 4) is 0 Å². The largest absolute Gasteiger partial charge is 0.253 e. The van der Waals surface area contributed by atoms with Crippen LogP contribution >= 0.6 is 15.9 Å². The number of halogens is 1. The normalized spacial score (nSPS) is 10.1. The van der Waals surface area contributed by atoms with E-state index in [1.165, 1.54) is 5.56 Å². The second-order valence-corrected chi connectivity index (χ2v) is 4.46. The van der Waals surface area contributed by atoms with Gasteiger partial charge >= 0.3 is 0 Å². The van der Waals surface area contributed by atoms with E-state index in [1.54, 1.807) is 6.20 Å². The van der Waals surface area contributed by atoms with Gasteiger partial charge in [-0.25, -0.2) is 4.98 Å². The third-order valence-corrected chi connectivity index (χ3v) is 2.87. The van der Waals surface area contributed by atoms with Gasteiger partial charge in [-0.3, -0.25) is 5.41 Å². The third kappa shape index (κ3) is 2.36. The molecule has 1 aromatic heterocycles. The van der Waals surface area contributed by atoms with Crippen LogP contribution in [0.5, 0.6) is 0 Å². The van der Waals surface area contributed by atoms with Gasteiger partial charge in [-0.1, -0.05) is 17.7 Å². The Kier molecular flexibility index (Phi) is 3.15. The second kappa shape index (κ2) is 4.58. The molecule has 0 amide bonds. The van der Waals surface area contributed by atoms with Crippen molar-refractivity contribution in [3.63, 3.8) is 0 Å². The van der Waals surface area contributed by atoms with Crippen molar-refractivity contribution in [2.24, 2.45) is 0 Å². The lowest BCUT2D eigenvalue weighted by atomic mass is 10.0. The number of hydrogen-bond donors (Lipinski definition) is 1. The summed E-state index contributed by atoms with van der Waals surface area (Å²) in [7, 11) is 0. The van der Waals surface area contributed by atoms with Crippen LogP contribution in [-0.4, -0.2) is 10.7 Å². The van der Waals surface area contributed by atoms with Gasteiger partial charge in [-0.15, -0.1) is 0 Å². The standard InChI is InChI=1S/C13H11BrN2/c1-9-2-4-10(5-3-9)13(15)11-6-7-12(14)16-8-11/h2-8,15H,1H3/p+1. The van der Waals surface area contributed by atoms with Crippen LogP contribution in [0.3, 0.4) is 0 Å². The Hall–Kier alpha value is -1.48. The first-order valence-corrected chi connectivity index (χ1v) is 5.77. The van der Waals surface area contributed by atoms with Gasteiger partial charge in [0.2, 0.25) is 5.71 Å². The van der Waals surface area contributed by atoms with E-state index in [4.69, 9.17) is 5.41 Å². The summed E-state index contributed by atoms with van der Waals surface area (Å²) in [5.74, 6) is 0. The molecule has 0 bridgehead atoms. The van der Waals surface area contributed by atoms with Gasteiger partial charge in [0.15, 0.2) is 0 Å². The summed E-state index contributed by atoms with van der Waals surface area (Å²) in [4.78, 5) is 4.16. The Bertz CT molecular complexity index is 453. The average Bonchev–Trinajstić information content (AvgIpc) is 2.30. The van der Waals surface area contributed by atoms with Crippen LogP contribution in [0.1, 0.15) is 16.7 Å². The molecular formula is C13H12BrN2+. The van der Waals surface area contributed by atoms with Gasteiger partial charge in [0, 0.05) is 11.8 Å². The molecule has 80 valence electrons. The molecule has 0 saturated heterocycles. The molecule has 1 heterocycles. The molecule has 2 rings (SSSR count). The summed E-state index contributed by atoms with van der Waals surface area (Å²) in [5, 5.41) is 6.08. The first-order chi connectivity index (χ1) is 7.66. The van der Waals surface area contributed by atoms with Gasteiger partial charge < -0.3 is 0 Å². The number of hydrogen-bond acceptors (Lipinski definition) is 1. The monoisotopic (exact) mass is 275 g/mol. The van der Waals surface area contributed by atoms with Gasteiger partial charge in [-0.2, -0.15) is 0 Å². The molecule has 0 aliphatic rings. The summed E-state index contributed by atoms with van der Waals surface area (Å²) < 4.78 is 0.813. The molecule has 0 atom stereocenters. The van der Waals surface area contributed by atoms with Gasteiger partial charge in [-0.05, 0) is 47.1 Å². The maximum absolute atomic E-state index is 6.08. The number of pyridine rings is 1. The maximum Gasteiger partial charge on any atom is 0.212 e. The molecule has 0 spiro atoms. The third-order valence-electron chi connectivity index (χ3n) is 2.40. The summed E-state index contributed by atoms with van der Waals surface area (Å²) >= 11 is 3.30. The van der Waals surface area contributed by atoms with Crippen LogP contribution in [-0.2, 0) is 0 Å². The fraction of sp³-hybridized carbons (Fsp3) is 0.0769. The van der Waals surface area contributed by atoms with Crippen molar-refractivity contribution in [1.29, 1.82) is 0 Å². The van der Waals surface area contributed by atoms with Crippen molar-refractivity contribution in [1.82, 2.24) is 4.98 Å². The van der Waals surface area contributed by atoms with E-state index in [2.05, 4.69) is 40.0 Å². The van der Waals surface area contributed by atoms with Crippen molar-refractivity contribution >= 4 is 21.6 Å². The smallest absolute Gasteiger partial charge is 0.212 e. The van der Waals surface area contributed by atoms with Crippen LogP contribution in [0.15, 0.2) is 47.2 Å². The number of rotatable bonds is 2. The minimum atomic E-state index is 0.750. The SMILES string of the molecule is Cc1ccc(C(=[NH2+])c2ccc(Br)nc2)cc1. The molecule has 2 N–H and O–H groups in total. The van der Waals surface area contributed by atoms with E-state index in [-0.39, 0.29) is 0 Å². The first kappa shape index (κ1) is 11.0. The maximum atomic E-state index is 6.08. The summed E-state index contributed by atoms with van der Waals surface area (Å²) in [5.41, 5.74) is 3.94. The number of nitrogens with zero attached hydrogens (tertiary/aromatic N) is 1. The van der Waals surface area contributed by atoms with Crippen molar-refractivity contribution in [3.05, 3.63) is 63.9 Å². The van der Waals surface area contributed by atoms with E-state index in [1.807, 2.05) is 24.3 Å². The Morgan fingerprint density at radius 1 is 1.06 bits per heavy atom.